The minimum atomic E-state index is -1.04. The van der Waals surface area contributed by atoms with Gasteiger partial charge in [0.25, 0.3) is 0 Å². The fourth-order valence-electron chi connectivity index (χ4n) is 1.98. The number of nitrogens with zero attached hydrogens (tertiary/aromatic N) is 1. The number of ether oxygens (including phenoxy) is 2. The number of carboxylic acid groups (broad SMARTS) is 1. The lowest BCUT2D eigenvalue weighted by molar-refractivity contribution is -0.139. The molecule has 1 aliphatic heterocycles. The topological polar surface area (TPSA) is 104 Å². The van der Waals surface area contributed by atoms with Gasteiger partial charge in [0.15, 0.2) is 29.8 Å². The molecule has 0 radical (unpaired) electrons. The molecule has 118 valence electrons. The molecule has 0 amide bonds. The van der Waals surface area contributed by atoms with Crippen LogP contribution in [-0.4, -0.2) is 29.8 Å². The van der Waals surface area contributed by atoms with Crippen molar-refractivity contribution in [2.45, 2.75) is 0 Å². The average molecular weight is 314 g/mol. The molecule has 2 N–H and O–H groups in total. The Morgan fingerprint density at radius 3 is 2.65 bits per heavy atom. The van der Waals surface area contributed by atoms with E-state index in [-0.39, 0.29) is 0 Å². The van der Waals surface area contributed by atoms with Gasteiger partial charge in [0.2, 0.25) is 0 Å². The molecular formula is C16H14N2O5. The van der Waals surface area contributed by atoms with Crippen LogP contribution in [0, 0.1) is 0 Å². The van der Waals surface area contributed by atoms with Gasteiger partial charge in [-0.3, -0.25) is 0 Å². The Labute approximate surface area is 131 Å². The highest BCUT2D eigenvalue weighted by molar-refractivity contribution is 5.89. The maximum Gasteiger partial charge on any atom is 0.341 e. The number of aliphatic carboxylic acids is 1. The smallest absolute Gasteiger partial charge is 0.341 e. The van der Waals surface area contributed by atoms with Gasteiger partial charge in [-0.25, -0.2) is 9.78 Å². The molecule has 2 aromatic carbocycles. The van der Waals surface area contributed by atoms with Crippen LogP contribution in [-0.2, 0) is 4.79 Å². The summed E-state index contributed by atoms with van der Waals surface area (Å²) in [5.41, 5.74) is 3.62. The normalized spacial score (nSPS) is 10.8. The van der Waals surface area contributed by atoms with Gasteiger partial charge in [0, 0.05) is 12.1 Å². The number of hydrogen-bond donors (Lipinski definition) is 2. The number of fused-ring (bicyclic) bond motifs is 2. The van der Waals surface area contributed by atoms with Crippen LogP contribution < -0.4 is 14.8 Å². The Hall–Kier alpha value is -3.22. The zero-order valence-electron chi connectivity index (χ0n) is 12.3. The average Bonchev–Trinajstić information content (AvgIpc) is 3.20. The van der Waals surface area contributed by atoms with Gasteiger partial charge in [-0.05, 0) is 12.1 Å². The highest BCUT2D eigenvalue weighted by Gasteiger charge is 2.11. The molecule has 3 aromatic rings. The van der Waals surface area contributed by atoms with Crippen molar-refractivity contribution in [2.75, 3.05) is 19.0 Å². The third-order valence-corrected chi connectivity index (χ3v) is 3.09. The van der Waals surface area contributed by atoms with E-state index in [9.17, 15) is 4.79 Å². The van der Waals surface area contributed by atoms with Gasteiger partial charge in [-0.1, -0.05) is 12.1 Å². The predicted octanol–water partition coefficient (Wildman–Crippen LogP) is 3.04. The molecule has 23 heavy (non-hydrogen) atoms. The zero-order chi connectivity index (χ0) is 16.2. The van der Waals surface area contributed by atoms with E-state index in [0.717, 1.165) is 0 Å². The number of hydrogen-bond acceptors (Lipinski definition) is 6. The van der Waals surface area contributed by atoms with Crippen molar-refractivity contribution in [3.63, 3.8) is 0 Å². The Balaban J connectivity index is 0.000000183. The van der Waals surface area contributed by atoms with Crippen molar-refractivity contribution < 1.29 is 23.8 Å². The molecule has 0 saturated carbocycles. The maximum atomic E-state index is 10.3. The molecule has 0 atom stereocenters. The van der Waals surface area contributed by atoms with E-state index in [1.165, 1.54) is 24.9 Å². The quantitative estimate of drug-likeness (QED) is 0.558. The van der Waals surface area contributed by atoms with Gasteiger partial charge in [0.05, 0.1) is 18.5 Å². The van der Waals surface area contributed by atoms with Crippen LogP contribution in [0.4, 0.5) is 11.4 Å². The monoisotopic (exact) mass is 314 g/mol. The maximum absolute atomic E-state index is 10.3. The molecule has 4 rings (SSSR count). The number of methoxy groups -OCH3 is 1. The minimum Gasteiger partial charge on any atom is -0.494 e. The summed E-state index contributed by atoms with van der Waals surface area (Å²) >= 11 is 0. The second-order valence-electron chi connectivity index (χ2n) is 4.68. The summed E-state index contributed by atoms with van der Waals surface area (Å²) in [4.78, 5) is 14.3. The fraction of sp³-hybridized carbons (Fsp3) is 0.125. The highest BCUT2D eigenvalue weighted by atomic mass is 16.5. The van der Waals surface area contributed by atoms with Gasteiger partial charge in [0.1, 0.15) is 5.75 Å². The van der Waals surface area contributed by atoms with Crippen molar-refractivity contribution >= 4 is 28.4 Å². The summed E-state index contributed by atoms with van der Waals surface area (Å²) in [7, 11) is 1.49. The Morgan fingerprint density at radius 1 is 1.30 bits per heavy atom. The molecular weight excluding hydrogens is 300 g/mol. The second-order valence-corrected chi connectivity index (χ2v) is 4.68. The van der Waals surface area contributed by atoms with Gasteiger partial charge in [-0.2, -0.15) is 0 Å². The zero-order valence-corrected chi connectivity index (χ0v) is 12.3. The van der Waals surface area contributed by atoms with Crippen molar-refractivity contribution in [3.05, 3.63) is 42.8 Å². The molecule has 0 spiro atoms. The number of carbonyl (C=O) groups is 1. The van der Waals surface area contributed by atoms with Gasteiger partial charge in [-0.15, -0.1) is 0 Å². The van der Waals surface area contributed by atoms with E-state index < -0.39 is 12.6 Å². The summed E-state index contributed by atoms with van der Waals surface area (Å²) in [6.45, 7) is -0.414. The van der Waals surface area contributed by atoms with E-state index in [0.29, 0.717) is 22.6 Å². The number of aromatic nitrogens is 1. The molecule has 1 aliphatic rings. The van der Waals surface area contributed by atoms with Gasteiger partial charge >= 0.3 is 5.97 Å². The first kappa shape index (κ1) is 14.7. The number of rotatable bonds is 4. The van der Waals surface area contributed by atoms with Crippen LogP contribution in [0.5, 0.6) is 11.5 Å². The predicted molar refractivity (Wildman–Crippen MR) is 83.4 cm³/mol. The van der Waals surface area contributed by atoms with Crippen LogP contribution in [0.15, 0.2) is 47.2 Å². The SMILES string of the molecule is COc1cc(OCC(=O)O)cc2ocnc12.c1ccc2c(c1)N2. The number of carboxylic acids is 1. The Morgan fingerprint density at radius 2 is 2.04 bits per heavy atom. The summed E-state index contributed by atoms with van der Waals surface area (Å²) in [6.07, 6.45) is 1.29. The van der Waals surface area contributed by atoms with Crippen LogP contribution >= 0.6 is 0 Å². The lowest BCUT2D eigenvalue weighted by Gasteiger charge is -2.05. The molecule has 0 unspecified atom stereocenters. The standard InChI is InChI=1S/C10H9NO5.C6H5N/c1-14-7-2-6(15-4-9(12)13)3-8-10(7)11-5-16-8;1-2-4-6-5(3-1)7-6/h2-3,5H,4H2,1H3,(H,12,13);1-4,7H. The van der Waals surface area contributed by atoms with Gasteiger partial charge < -0.3 is 24.3 Å². The first-order chi connectivity index (χ1) is 11.2. The van der Waals surface area contributed by atoms with E-state index >= 15 is 0 Å². The van der Waals surface area contributed by atoms with E-state index in [1.54, 1.807) is 12.1 Å². The van der Waals surface area contributed by atoms with Crippen LogP contribution in [0.1, 0.15) is 0 Å². The lowest BCUT2D eigenvalue weighted by Crippen LogP contribution is -2.09. The Bertz CT molecular complexity index is 822. The second kappa shape index (κ2) is 6.27. The summed E-state index contributed by atoms with van der Waals surface area (Å²) in [5.74, 6) is -0.202. The fourth-order valence-corrected chi connectivity index (χ4v) is 1.98. The molecule has 0 fully saturated rings. The summed E-state index contributed by atoms with van der Waals surface area (Å²) < 4.78 is 15.2. The Kier molecular flexibility index (Phi) is 4.01. The molecule has 0 saturated heterocycles. The summed E-state index contributed by atoms with van der Waals surface area (Å²) in [6, 6.07) is 11.3. The van der Waals surface area contributed by atoms with E-state index in [1.807, 2.05) is 12.1 Å². The highest BCUT2D eigenvalue weighted by Crippen LogP contribution is 2.36. The molecule has 0 bridgehead atoms. The number of nitrogens with one attached hydrogen (secondary N) is 1. The van der Waals surface area contributed by atoms with Crippen molar-refractivity contribution in [3.8, 4) is 11.5 Å². The third kappa shape index (κ3) is 3.52. The van der Waals surface area contributed by atoms with Crippen molar-refractivity contribution in [2.24, 2.45) is 0 Å². The van der Waals surface area contributed by atoms with Crippen LogP contribution in [0.3, 0.4) is 0 Å². The number of benzene rings is 2. The number of oxazole rings is 1. The third-order valence-electron chi connectivity index (χ3n) is 3.09. The molecule has 1 aromatic heterocycles. The molecule has 2 heterocycles. The molecule has 0 aliphatic carbocycles. The van der Waals surface area contributed by atoms with Crippen molar-refractivity contribution in [1.82, 2.24) is 4.98 Å². The molecule has 7 nitrogen and oxygen atoms in total. The number of para-hydroxylation sites is 2. The minimum absolute atomic E-state index is 0.364. The lowest BCUT2D eigenvalue weighted by atomic mass is 10.3. The van der Waals surface area contributed by atoms with Crippen LogP contribution in [0.2, 0.25) is 0 Å². The summed E-state index contributed by atoms with van der Waals surface area (Å²) in [5, 5.41) is 11.6. The number of anilines is 2. The van der Waals surface area contributed by atoms with Crippen molar-refractivity contribution in [1.29, 1.82) is 0 Å². The van der Waals surface area contributed by atoms with Crippen LogP contribution in [0.25, 0.3) is 11.1 Å². The van der Waals surface area contributed by atoms with E-state index in [2.05, 4.69) is 22.4 Å². The van der Waals surface area contributed by atoms with E-state index in [4.69, 9.17) is 19.0 Å². The molecule has 7 heteroatoms. The largest absolute Gasteiger partial charge is 0.494 e. The first-order valence-electron chi connectivity index (χ1n) is 6.79. The first-order valence-corrected chi connectivity index (χ1v) is 6.79.